The molecule has 0 saturated heterocycles. The SMILES string of the molecule is Nc1noc(-c2cccc(I)c2)c1Br. The molecule has 2 N–H and O–H groups in total. The fraction of sp³-hybridized carbons (Fsp3) is 0. The molecular weight excluding hydrogens is 359 g/mol. The normalized spacial score (nSPS) is 10.4. The van der Waals surface area contributed by atoms with E-state index in [0.29, 0.717) is 16.1 Å². The molecule has 0 aliphatic heterocycles. The summed E-state index contributed by atoms with van der Waals surface area (Å²) >= 11 is 5.57. The molecule has 0 radical (unpaired) electrons. The third-order valence-corrected chi connectivity index (χ3v) is 3.18. The van der Waals surface area contributed by atoms with Crippen LogP contribution in [0.5, 0.6) is 0 Å². The number of nitrogen functional groups attached to an aromatic ring is 1. The van der Waals surface area contributed by atoms with Gasteiger partial charge in [-0.2, -0.15) is 0 Å². The van der Waals surface area contributed by atoms with E-state index in [2.05, 4.69) is 43.7 Å². The van der Waals surface area contributed by atoms with Gasteiger partial charge < -0.3 is 10.3 Å². The Morgan fingerprint density at radius 1 is 1.43 bits per heavy atom. The summed E-state index contributed by atoms with van der Waals surface area (Å²) in [5.74, 6) is 1.04. The lowest BCUT2D eigenvalue weighted by Gasteiger charge is -1.96. The van der Waals surface area contributed by atoms with E-state index in [0.717, 1.165) is 9.13 Å². The van der Waals surface area contributed by atoms with Crippen molar-refractivity contribution in [3.05, 3.63) is 32.3 Å². The molecule has 2 rings (SSSR count). The average molecular weight is 365 g/mol. The predicted molar refractivity (Wildman–Crippen MR) is 66.8 cm³/mol. The zero-order valence-corrected chi connectivity index (χ0v) is 10.7. The first-order valence-corrected chi connectivity index (χ1v) is 5.72. The van der Waals surface area contributed by atoms with Crippen molar-refractivity contribution in [3.8, 4) is 11.3 Å². The van der Waals surface area contributed by atoms with Crippen LogP contribution in [0.3, 0.4) is 0 Å². The smallest absolute Gasteiger partial charge is 0.183 e. The monoisotopic (exact) mass is 364 g/mol. The molecule has 14 heavy (non-hydrogen) atoms. The Balaban J connectivity index is 2.55. The molecule has 2 aromatic rings. The lowest BCUT2D eigenvalue weighted by atomic mass is 10.2. The van der Waals surface area contributed by atoms with E-state index in [9.17, 15) is 0 Å². The number of benzene rings is 1. The van der Waals surface area contributed by atoms with Gasteiger partial charge in [-0.25, -0.2) is 0 Å². The Hall–Kier alpha value is -0.560. The van der Waals surface area contributed by atoms with Crippen molar-refractivity contribution in [2.45, 2.75) is 0 Å². The van der Waals surface area contributed by atoms with Crippen LogP contribution in [0.1, 0.15) is 0 Å². The molecule has 0 spiro atoms. The standard InChI is InChI=1S/C9H6BrIN2O/c10-7-8(14-13-9(7)12)5-2-1-3-6(11)4-5/h1-4H,(H2,12,13). The van der Waals surface area contributed by atoms with Crippen LogP contribution < -0.4 is 5.73 Å². The predicted octanol–water partition coefficient (Wildman–Crippen LogP) is 3.29. The average Bonchev–Trinajstić information content (AvgIpc) is 2.48. The molecule has 5 heteroatoms. The molecule has 0 atom stereocenters. The third kappa shape index (κ3) is 1.78. The van der Waals surface area contributed by atoms with Crippen LogP contribution >= 0.6 is 38.5 Å². The van der Waals surface area contributed by atoms with Gasteiger partial charge in [0.15, 0.2) is 11.6 Å². The molecule has 0 aliphatic carbocycles. The fourth-order valence-electron chi connectivity index (χ4n) is 1.10. The van der Waals surface area contributed by atoms with E-state index in [1.165, 1.54) is 0 Å². The first-order chi connectivity index (χ1) is 6.68. The number of hydrogen-bond donors (Lipinski definition) is 1. The van der Waals surface area contributed by atoms with Gasteiger partial charge in [-0.1, -0.05) is 17.3 Å². The minimum atomic E-state index is 0.374. The van der Waals surface area contributed by atoms with Crippen molar-refractivity contribution in [1.29, 1.82) is 0 Å². The molecule has 0 fully saturated rings. The Labute approximate surface area is 103 Å². The summed E-state index contributed by atoms with van der Waals surface area (Å²) in [7, 11) is 0. The summed E-state index contributed by atoms with van der Waals surface area (Å²) in [6, 6.07) is 7.93. The van der Waals surface area contributed by atoms with Gasteiger partial charge in [0.25, 0.3) is 0 Å². The van der Waals surface area contributed by atoms with Crippen LogP contribution in [-0.4, -0.2) is 5.16 Å². The van der Waals surface area contributed by atoms with Crippen molar-refractivity contribution >= 4 is 44.3 Å². The number of aromatic nitrogens is 1. The second kappa shape index (κ2) is 3.90. The van der Waals surface area contributed by atoms with E-state index < -0.39 is 0 Å². The maximum atomic E-state index is 5.56. The van der Waals surface area contributed by atoms with Gasteiger partial charge in [0.2, 0.25) is 0 Å². The Morgan fingerprint density at radius 3 is 2.79 bits per heavy atom. The highest BCUT2D eigenvalue weighted by Gasteiger charge is 2.12. The van der Waals surface area contributed by atoms with Gasteiger partial charge >= 0.3 is 0 Å². The lowest BCUT2D eigenvalue weighted by molar-refractivity contribution is 0.435. The number of halogens is 2. The summed E-state index contributed by atoms with van der Waals surface area (Å²) in [5.41, 5.74) is 6.53. The third-order valence-electron chi connectivity index (χ3n) is 1.75. The van der Waals surface area contributed by atoms with Crippen LogP contribution in [0.2, 0.25) is 0 Å². The van der Waals surface area contributed by atoms with E-state index >= 15 is 0 Å². The van der Waals surface area contributed by atoms with E-state index in [1.807, 2.05) is 24.3 Å². The molecule has 72 valence electrons. The number of hydrogen-bond acceptors (Lipinski definition) is 3. The summed E-state index contributed by atoms with van der Waals surface area (Å²) in [6.45, 7) is 0. The van der Waals surface area contributed by atoms with E-state index in [4.69, 9.17) is 10.3 Å². The van der Waals surface area contributed by atoms with Gasteiger partial charge in [0.05, 0.1) is 0 Å². The van der Waals surface area contributed by atoms with Gasteiger partial charge in [-0.15, -0.1) is 0 Å². The van der Waals surface area contributed by atoms with Crippen LogP contribution in [0.15, 0.2) is 33.3 Å². The molecule has 0 saturated carbocycles. The maximum absolute atomic E-state index is 5.56. The molecule has 3 nitrogen and oxygen atoms in total. The molecule has 0 aliphatic rings. The number of rotatable bonds is 1. The Morgan fingerprint density at radius 2 is 2.21 bits per heavy atom. The molecule has 1 aromatic carbocycles. The molecule has 0 unspecified atom stereocenters. The van der Waals surface area contributed by atoms with Gasteiger partial charge in [0.1, 0.15) is 4.47 Å². The van der Waals surface area contributed by atoms with Crippen LogP contribution in [0.4, 0.5) is 5.82 Å². The van der Waals surface area contributed by atoms with Crippen LogP contribution in [0, 0.1) is 3.57 Å². The highest BCUT2D eigenvalue weighted by atomic mass is 127. The van der Waals surface area contributed by atoms with Crippen molar-refractivity contribution in [3.63, 3.8) is 0 Å². The fourth-order valence-corrected chi connectivity index (χ4v) is 2.02. The number of anilines is 1. The Bertz CT molecular complexity index is 470. The highest BCUT2D eigenvalue weighted by molar-refractivity contribution is 14.1. The van der Waals surface area contributed by atoms with Gasteiger partial charge in [-0.05, 0) is 50.7 Å². The summed E-state index contributed by atoms with van der Waals surface area (Å²) in [5, 5.41) is 3.68. The topological polar surface area (TPSA) is 52.0 Å². The molecule has 1 heterocycles. The van der Waals surface area contributed by atoms with Gasteiger partial charge in [-0.3, -0.25) is 0 Å². The highest BCUT2D eigenvalue weighted by Crippen LogP contribution is 2.32. The largest absolute Gasteiger partial charge is 0.380 e. The first-order valence-electron chi connectivity index (χ1n) is 3.85. The number of nitrogens with zero attached hydrogens (tertiary/aromatic N) is 1. The molecule has 0 bridgehead atoms. The summed E-state index contributed by atoms with van der Waals surface area (Å²) in [4.78, 5) is 0. The molecular formula is C9H6BrIN2O. The lowest BCUT2D eigenvalue weighted by Crippen LogP contribution is -1.83. The number of nitrogens with two attached hydrogens (primary N) is 1. The summed E-state index contributed by atoms with van der Waals surface area (Å²) < 4.78 is 6.96. The first kappa shape index (κ1) is 9.97. The second-order valence-electron chi connectivity index (χ2n) is 2.72. The quantitative estimate of drug-likeness (QED) is 0.790. The minimum Gasteiger partial charge on any atom is -0.380 e. The van der Waals surface area contributed by atoms with E-state index in [1.54, 1.807) is 0 Å². The van der Waals surface area contributed by atoms with Crippen molar-refractivity contribution < 1.29 is 4.52 Å². The van der Waals surface area contributed by atoms with E-state index in [-0.39, 0.29) is 0 Å². The molecule has 0 amide bonds. The van der Waals surface area contributed by atoms with Crippen molar-refractivity contribution in [2.24, 2.45) is 0 Å². The van der Waals surface area contributed by atoms with Gasteiger partial charge in [0, 0.05) is 9.13 Å². The molecule has 1 aromatic heterocycles. The maximum Gasteiger partial charge on any atom is 0.183 e. The zero-order valence-electron chi connectivity index (χ0n) is 7.00. The second-order valence-corrected chi connectivity index (χ2v) is 4.76. The van der Waals surface area contributed by atoms with Crippen molar-refractivity contribution in [1.82, 2.24) is 5.16 Å². The van der Waals surface area contributed by atoms with Crippen molar-refractivity contribution in [2.75, 3.05) is 5.73 Å². The minimum absolute atomic E-state index is 0.374. The van der Waals surface area contributed by atoms with Crippen LogP contribution in [0.25, 0.3) is 11.3 Å². The van der Waals surface area contributed by atoms with Crippen LogP contribution in [-0.2, 0) is 0 Å². The summed E-state index contributed by atoms with van der Waals surface area (Å²) in [6.07, 6.45) is 0. The zero-order chi connectivity index (χ0) is 10.1. The Kier molecular flexibility index (Phi) is 2.78.